The molecule has 1 heterocycles. The SMILES string of the molecule is OC(CC#CCN1CCN(CC#CCC(O)(c2ccccc2)c2ccccc2)CC1)(c1ccccc1)c1ccccc1. The Hall–Kier alpha value is -4.16. The summed E-state index contributed by atoms with van der Waals surface area (Å²) in [5, 5.41) is 23.3. The van der Waals surface area contributed by atoms with Crippen LogP contribution in [-0.2, 0) is 11.2 Å². The molecule has 0 bridgehead atoms. The number of hydrogen-bond donors (Lipinski definition) is 2. The first-order valence-electron chi connectivity index (χ1n) is 14.6. The highest BCUT2D eigenvalue weighted by atomic mass is 16.3. The van der Waals surface area contributed by atoms with Gasteiger partial charge in [0.1, 0.15) is 11.2 Å². The average molecular weight is 555 g/mol. The minimum Gasteiger partial charge on any atom is -0.379 e. The van der Waals surface area contributed by atoms with Crippen LogP contribution in [-0.4, -0.2) is 59.3 Å². The number of rotatable bonds is 8. The Morgan fingerprint density at radius 3 is 0.952 bits per heavy atom. The molecule has 0 spiro atoms. The van der Waals surface area contributed by atoms with E-state index in [2.05, 4.69) is 33.5 Å². The van der Waals surface area contributed by atoms with Gasteiger partial charge in [-0.2, -0.15) is 0 Å². The Labute approximate surface area is 250 Å². The van der Waals surface area contributed by atoms with Crippen LogP contribution in [0.15, 0.2) is 121 Å². The predicted molar refractivity (Wildman–Crippen MR) is 169 cm³/mol. The fraction of sp³-hybridized carbons (Fsp3) is 0.263. The second-order valence-electron chi connectivity index (χ2n) is 10.8. The lowest BCUT2D eigenvalue weighted by Crippen LogP contribution is -2.46. The highest BCUT2D eigenvalue weighted by molar-refractivity contribution is 5.39. The fourth-order valence-corrected chi connectivity index (χ4v) is 5.42. The molecule has 4 aromatic rings. The standard InChI is InChI=1S/C38H38N2O2/c41-37(33-17-5-1-6-18-33,34-19-7-2-8-20-34)25-13-15-27-39-29-31-40(32-30-39)28-16-14-26-38(42,35-21-9-3-10-22-35)36-23-11-4-12-24-36/h1-12,17-24,41-42H,25-32H2. The van der Waals surface area contributed by atoms with Crippen LogP contribution in [0.3, 0.4) is 0 Å². The number of hydrogen-bond acceptors (Lipinski definition) is 4. The summed E-state index contributed by atoms with van der Waals surface area (Å²) in [7, 11) is 0. The summed E-state index contributed by atoms with van der Waals surface area (Å²) in [6.07, 6.45) is 0.684. The molecule has 1 fully saturated rings. The molecule has 4 nitrogen and oxygen atoms in total. The van der Waals surface area contributed by atoms with Gasteiger partial charge in [0.15, 0.2) is 0 Å². The van der Waals surface area contributed by atoms with Crippen molar-refractivity contribution in [1.82, 2.24) is 9.80 Å². The van der Waals surface area contributed by atoms with Gasteiger partial charge < -0.3 is 10.2 Å². The highest BCUT2D eigenvalue weighted by Crippen LogP contribution is 2.33. The van der Waals surface area contributed by atoms with Crippen LogP contribution in [0.5, 0.6) is 0 Å². The van der Waals surface area contributed by atoms with Gasteiger partial charge in [0.05, 0.1) is 13.1 Å². The summed E-state index contributed by atoms with van der Waals surface area (Å²) in [4.78, 5) is 4.70. The molecule has 5 rings (SSSR count). The van der Waals surface area contributed by atoms with Crippen molar-refractivity contribution in [2.45, 2.75) is 24.0 Å². The first-order chi connectivity index (χ1) is 20.6. The van der Waals surface area contributed by atoms with Crippen molar-refractivity contribution in [2.24, 2.45) is 0 Å². The van der Waals surface area contributed by atoms with Crippen LogP contribution in [0.25, 0.3) is 0 Å². The van der Waals surface area contributed by atoms with Gasteiger partial charge in [0.25, 0.3) is 0 Å². The van der Waals surface area contributed by atoms with Gasteiger partial charge in [-0.15, -0.1) is 0 Å². The minimum atomic E-state index is -1.14. The molecule has 0 aromatic heterocycles. The molecular formula is C38H38N2O2. The minimum absolute atomic E-state index is 0.342. The van der Waals surface area contributed by atoms with E-state index in [1.807, 2.05) is 121 Å². The topological polar surface area (TPSA) is 46.9 Å². The summed E-state index contributed by atoms with van der Waals surface area (Å²) in [5.74, 6) is 13.1. The van der Waals surface area contributed by atoms with Crippen molar-refractivity contribution in [3.63, 3.8) is 0 Å². The van der Waals surface area contributed by atoms with Crippen molar-refractivity contribution in [2.75, 3.05) is 39.3 Å². The molecule has 212 valence electrons. The van der Waals surface area contributed by atoms with Crippen LogP contribution >= 0.6 is 0 Å². The molecule has 0 radical (unpaired) electrons. The predicted octanol–water partition coefficient (Wildman–Crippen LogP) is 5.26. The quantitative estimate of drug-likeness (QED) is 0.292. The van der Waals surface area contributed by atoms with E-state index >= 15 is 0 Å². The lowest BCUT2D eigenvalue weighted by Gasteiger charge is -2.32. The summed E-state index contributed by atoms with van der Waals surface area (Å²) >= 11 is 0. The Kier molecular flexibility index (Phi) is 9.88. The monoisotopic (exact) mass is 554 g/mol. The molecule has 0 atom stereocenters. The largest absolute Gasteiger partial charge is 0.379 e. The smallest absolute Gasteiger partial charge is 0.125 e. The summed E-state index contributed by atoms with van der Waals surface area (Å²) in [5.41, 5.74) is 1.13. The van der Waals surface area contributed by atoms with E-state index in [4.69, 9.17) is 0 Å². The van der Waals surface area contributed by atoms with Crippen molar-refractivity contribution < 1.29 is 10.2 Å². The van der Waals surface area contributed by atoms with Crippen LogP contribution in [0, 0.1) is 23.7 Å². The fourth-order valence-electron chi connectivity index (χ4n) is 5.42. The number of aliphatic hydroxyl groups is 2. The molecule has 1 aliphatic rings. The highest BCUT2D eigenvalue weighted by Gasteiger charge is 2.31. The van der Waals surface area contributed by atoms with Gasteiger partial charge in [0.2, 0.25) is 0 Å². The molecule has 0 amide bonds. The Balaban J connectivity index is 1.13. The van der Waals surface area contributed by atoms with Gasteiger partial charge in [-0.05, 0) is 22.3 Å². The van der Waals surface area contributed by atoms with Crippen molar-refractivity contribution in [3.05, 3.63) is 144 Å². The van der Waals surface area contributed by atoms with E-state index in [0.717, 1.165) is 48.4 Å². The lowest BCUT2D eigenvalue weighted by atomic mass is 9.84. The Bertz CT molecular complexity index is 1310. The molecule has 0 saturated carbocycles. The van der Waals surface area contributed by atoms with E-state index in [1.54, 1.807) is 0 Å². The van der Waals surface area contributed by atoms with Gasteiger partial charge >= 0.3 is 0 Å². The van der Waals surface area contributed by atoms with E-state index < -0.39 is 11.2 Å². The molecule has 1 aliphatic heterocycles. The zero-order valence-corrected chi connectivity index (χ0v) is 24.0. The first-order valence-corrected chi connectivity index (χ1v) is 14.6. The van der Waals surface area contributed by atoms with Crippen molar-refractivity contribution >= 4 is 0 Å². The van der Waals surface area contributed by atoms with Gasteiger partial charge in [-0.25, -0.2) is 0 Å². The van der Waals surface area contributed by atoms with Gasteiger partial charge in [-0.1, -0.05) is 145 Å². The second-order valence-corrected chi connectivity index (χ2v) is 10.8. The van der Waals surface area contributed by atoms with Crippen LogP contribution in [0.1, 0.15) is 35.1 Å². The number of nitrogens with zero attached hydrogens (tertiary/aromatic N) is 2. The average Bonchev–Trinajstić information content (AvgIpc) is 3.07. The van der Waals surface area contributed by atoms with Crippen LogP contribution < -0.4 is 0 Å². The third-order valence-electron chi connectivity index (χ3n) is 8.01. The first kappa shape index (κ1) is 29.3. The summed E-state index contributed by atoms with van der Waals surface area (Å²) < 4.78 is 0. The molecule has 0 aliphatic carbocycles. The Morgan fingerprint density at radius 2 is 0.690 bits per heavy atom. The molecule has 1 saturated heterocycles. The number of piperazine rings is 1. The molecule has 42 heavy (non-hydrogen) atoms. The van der Waals surface area contributed by atoms with E-state index in [1.165, 1.54) is 0 Å². The van der Waals surface area contributed by atoms with Crippen molar-refractivity contribution in [1.29, 1.82) is 0 Å². The molecule has 2 N–H and O–H groups in total. The molecule has 4 heteroatoms. The van der Waals surface area contributed by atoms with Gasteiger partial charge in [0, 0.05) is 39.0 Å². The lowest BCUT2D eigenvalue weighted by molar-refractivity contribution is 0.0860. The maximum Gasteiger partial charge on any atom is 0.125 e. The maximum absolute atomic E-state index is 11.7. The third kappa shape index (κ3) is 7.18. The summed E-state index contributed by atoms with van der Waals surface area (Å²) in [6, 6.07) is 39.1. The van der Waals surface area contributed by atoms with Crippen LogP contribution in [0.4, 0.5) is 0 Å². The second kappa shape index (κ2) is 14.1. The zero-order chi connectivity index (χ0) is 29.1. The third-order valence-corrected chi connectivity index (χ3v) is 8.01. The molecule has 4 aromatic carbocycles. The maximum atomic E-state index is 11.7. The normalized spacial score (nSPS) is 14.3. The molecule has 0 unspecified atom stereocenters. The van der Waals surface area contributed by atoms with E-state index in [-0.39, 0.29) is 0 Å². The number of benzene rings is 4. The Morgan fingerprint density at radius 1 is 0.429 bits per heavy atom. The van der Waals surface area contributed by atoms with Crippen molar-refractivity contribution in [3.8, 4) is 23.7 Å². The van der Waals surface area contributed by atoms with E-state index in [9.17, 15) is 10.2 Å². The van der Waals surface area contributed by atoms with Crippen LogP contribution in [0.2, 0.25) is 0 Å². The van der Waals surface area contributed by atoms with Gasteiger partial charge in [-0.3, -0.25) is 9.80 Å². The van der Waals surface area contributed by atoms with E-state index in [0.29, 0.717) is 25.9 Å². The molecular weight excluding hydrogens is 516 g/mol. The zero-order valence-electron chi connectivity index (χ0n) is 24.0. The summed E-state index contributed by atoms with van der Waals surface area (Å²) in [6.45, 7) is 5.07.